The van der Waals surface area contributed by atoms with Crippen LogP contribution in [-0.4, -0.2) is 87.8 Å². The fraction of sp³-hybridized carbons (Fsp3) is 0.478. The van der Waals surface area contributed by atoms with Crippen molar-refractivity contribution in [1.29, 1.82) is 0 Å². The van der Waals surface area contributed by atoms with E-state index in [0.29, 0.717) is 0 Å². The summed E-state index contributed by atoms with van der Waals surface area (Å²) < 4.78 is 0. The summed E-state index contributed by atoms with van der Waals surface area (Å²) in [5, 5.41) is 35.3. The van der Waals surface area contributed by atoms with E-state index in [1.807, 2.05) is 0 Å². The molecule has 0 aliphatic carbocycles. The molecule has 0 saturated carbocycles. The van der Waals surface area contributed by atoms with Crippen molar-refractivity contribution < 1.29 is 39.3 Å². The van der Waals surface area contributed by atoms with Crippen molar-refractivity contribution >= 4 is 35.6 Å². The monoisotopic (exact) mass is 537 g/mol. The van der Waals surface area contributed by atoms with E-state index in [0.717, 1.165) is 5.56 Å². The number of hydrogen-bond donors (Lipinski definition) is 9. The number of rotatable bonds is 16. The van der Waals surface area contributed by atoms with Gasteiger partial charge in [-0.25, -0.2) is 4.79 Å². The maximum absolute atomic E-state index is 12.8. The lowest BCUT2D eigenvalue weighted by atomic mass is 10.0. The van der Waals surface area contributed by atoms with E-state index in [4.69, 9.17) is 17.2 Å². The van der Waals surface area contributed by atoms with Crippen molar-refractivity contribution in [3.63, 3.8) is 0 Å². The van der Waals surface area contributed by atoms with Crippen molar-refractivity contribution in [2.75, 3.05) is 6.54 Å². The molecule has 0 saturated heterocycles. The Labute approximate surface area is 218 Å². The van der Waals surface area contributed by atoms with Crippen LogP contribution in [0.15, 0.2) is 35.3 Å². The highest BCUT2D eigenvalue weighted by Gasteiger charge is 2.33. The van der Waals surface area contributed by atoms with Gasteiger partial charge in [0, 0.05) is 6.54 Å². The average Bonchev–Trinajstić information content (AvgIpc) is 2.83. The van der Waals surface area contributed by atoms with Gasteiger partial charge in [0.25, 0.3) is 0 Å². The van der Waals surface area contributed by atoms with Gasteiger partial charge in [0.2, 0.25) is 17.7 Å². The molecule has 1 aromatic rings. The molecule has 5 unspecified atom stereocenters. The number of benzene rings is 1. The molecule has 210 valence electrons. The predicted molar refractivity (Wildman–Crippen MR) is 135 cm³/mol. The Balaban J connectivity index is 2.90. The van der Waals surface area contributed by atoms with Gasteiger partial charge in [-0.3, -0.25) is 24.2 Å². The van der Waals surface area contributed by atoms with Gasteiger partial charge in [0.1, 0.15) is 18.1 Å². The highest BCUT2D eigenvalue weighted by Crippen LogP contribution is 2.05. The number of guanidine groups is 1. The van der Waals surface area contributed by atoms with Crippen LogP contribution in [0.1, 0.15) is 31.7 Å². The van der Waals surface area contributed by atoms with Gasteiger partial charge in [-0.05, 0) is 31.7 Å². The second kappa shape index (κ2) is 15.8. The predicted octanol–water partition coefficient (Wildman–Crippen LogP) is -3.00. The SMILES string of the molecule is CC(O)C(NC(=O)C(N)Cc1ccccc1)C(=O)NC(CC(=O)O)C(=O)NC(CCCN=C(N)N)C(=O)O. The average molecular weight is 538 g/mol. The number of aliphatic hydroxyl groups is 1. The molecule has 5 atom stereocenters. The van der Waals surface area contributed by atoms with Gasteiger partial charge in [0.05, 0.1) is 18.6 Å². The number of amides is 3. The van der Waals surface area contributed by atoms with Crippen LogP contribution < -0.4 is 33.2 Å². The lowest BCUT2D eigenvalue weighted by Gasteiger charge is -2.26. The van der Waals surface area contributed by atoms with Crippen molar-refractivity contribution in [3.8, 4) is 0 Å². The summed E-state index contributed by atoms with van der Waals surface area (Å²) in [6.07, 6.45) is -2.10. The number of aliphatic hydroxyl groups excluding tert-OH is 1. The first-order chi connectivity index (χ1) is 17.8. The topological polar surface area (TPSA) is 273 Å². The standard InChI is InChI=1S/C23H35N7O8/c1-12(31)18(30-19(34)14(24)10-13-6-3-2-4-7-13)21(36)29-16(11-17(32)33)20(35)28-15(22(37)38)8-5-9-27-23(25)26/h2-4,6-7,12,14-16,18,31H,5,8-11,24H2,1H3,(H,28,35)(H,29,36)(H,30,34)(H,32,33)(H,37,38)(H4,25,26,27). The van der Waals surface area contributed by atoms with Crippen molar-refractivity contribution in [1.82, 2.24) is 16.0 Å². The third-order valence-corrected chi connectivity index (χ3v) is 5.27. The Hall–Kier alpha value is -4.24. The first-order valence-corrected chi connectivity index (χ1v) is 11.7. The molecule has 0 aromatic heterocycles. The number of nitrogens with zero attached hydrogens (tertiary/aromatic N) is 1. The molecule has 38 heavy (non-hydrogen) atoms. The van der Waals surface area contributed by atoms with Crippen LogP contribution in [0.2, 0.25) is 0 Å². The van der Waals surface area contributed by atoms with Crippen LogP contribution >= 0.6 is 0 Å². The summed E-state index contributed by atoms with van der Waals surface area (Å²) in [5.41, 5.74) is 17.1. The molecular weight excluding hydrogens is 502 g/mol. The van der Waals surface area contributed by atoms with Gasteiger partial charge >= 0.3 is 11.9 Å². The quantitative estimate of drug-likeness (QED) is 0.0582. The molecule has 0 fully saturated rings. The van der Waals surface area contributed by atoms with Crippen LogP contribution in [0.4, 0.5) is 0 Å². The largest absolute Gasteiger partial charge is 0.481 e. The molecule has 0 bridgehead atoms. The molecule has 0 aliphatic rings. The molecular formula is C23H35N7O8. The normalized spacial score (nSPS) is 14.6. The minimum Gasteiger partial charge on any atom is -0.481 e. The Morgan fingerprint density at radius 1 is 0.921 bits per heavy atom. The molecule has 15 nitrogen and oxygen atoms in total. The summed E-state index contributed by atoms with van der Waals surface area (Å²) in [4.78, 5) is 64.7. The van der Waals surface area contributed by atoms with Crippen LogP contribution in [0.25, 0.3) is 0 Å². The van der Waals surface area contributed by atoms with Gasteiger partial charge in [0.15, 0.2) is 5.96 Å². The second-order valence-electron chi connectivity index (χ2n) is 8.53. The Morgan fingerprint density at radius 2 is 1.53 bits per heavy atom. The Morgan fingerprint density at radius 3 is 2.05 bits per heavy atom. The highest BCUT2D eigenvalue weighted by atomic mass is 16.4. The number of carbonyl (C=O) groups is 5. The highest BCUT2D eigenvalue weighted by molar-refractivity contribution is 5.95. The Bertz CT molecular complexity index is 999. The van der Waals surface area contributed by atoms with E-state index in [9.17, 15) is 39.3 Å². The first-order valence-electron chi connectivity index (χ1n) is 11.7. The van der Waals surface area contributed by atoms with Crippen LogP contribution in [0.3, 0.4) is 0 Å². The van der Waals surface area contributed by atoms with E-state index >= 15 is 0 Å². The maximum atomic E-state index is 12.8. The zero-order valence-corrected chi connectivity index (χ0v) is 20.9. The number of nitrogens with one attached hydrogen (secondary N) is 3. The number of nitrogens with two attached hydrogens (primary N) is 3. The minimum atomic E-state index is -1.71. The zero-order chi connectivity index (χ0) is 28.8. The fourth-order valence-electron chi connectivity index (χ4n) is 3.30. The lowest BCUT2D eigenvalue weighted by Crippen LogP contribution is -2.60. The van der Waals surface area contributed by atoms with Gasteiger partial charge < -0.3 is 48.5 Å². The minimum absolute atomic E-state index is 0.0861. The molecule has 0 aliphatic heterocycles. The van der Waals surface area contributed by atoms with Gasteiger partial charge in [-0.15, -0.1) is 0 Å². The number of hydrogen-bond acceptors (Lipinski definition) is 8. The second-order valence-corrected chi connectivity index (χ2v) is 8.53. The summed E-state index contributed by atoms with van der Waals surface area (Å²) in [7, 11) is 0. The van der Waals surface area contributed by atoms with E-state index in [1.54, 1.807) is 30.3 Å². The molecule has 1 aromatic carbocycles. The molecule has 3 amide bonds. The number of carboxylic acids is 2. The smallest absolute Gasteiger partial charge is 0.326 e. The molecule has 12 N–H and O–H groups in total. The molecule has 1 rings (SSSR count). The van der Waals surface area contributed by atoms with E-state index in [-0.39, 0.29) is 31.8 Å². The number of aliphatic imine (C=N–C) groups is 1. The third kappa shape index (κ3) is 11.7. The first kappa shape index (κ1) is 31.8. The molecule has 0 radical (unpaired) electrons. The lowest BCUT2D eigenvalue weighted by molar-refractivity contribution is -0.144. The summed E-state index contributed by atoms with van der Waals surface area (Å²) in [6, 6.07) is 3.04. The molecule has 0 spiro atoms. The van der Waals surface area contributed by atoms with Gasteiger partial charge in [-0.1, -0.05) is 30.3 Å². The molecule has 15 heteroatoms. The maximum Gasteiger partial charge on any atom is 0.326 e. The molecule has 0 heterocycles. The van der Waals surface area contributed by atoms with Crippen LogP contribution in [-0.2, 0) is 30.4 Å². The van der Waals surface area contributed by atoms with Gasteiger partial charge in [-0.2, -0.15) is 0 Å². The summed E-state index contributed by atoms with van der Waals surface area (Å²) >= 11 is 0. The zero-order valence-electron chi connectivity index (χ0n) is 20.9. The van der Waals surface area contributed by atoms with E-state index in [2.05, 4.69) is 20.9 Å². The van der Waals surface area contributed by atoms with Crippen molar-refractivity contribution in [2.24, 2.45) is 22.2 Å². The van der Waals surface area contributed by atoms with Crippen LogP contribution in [0.5, 0.6) is 0 Å². The van der Waals surface area contributed by atoms with E-state index < -0.39 is 66.4 Å². The van der Waals surface area contributed by atoms with Crippen LogP contribution in [0, 0.1) is 0 Å². The Kier molecular flexibility index (Phi) is 13.2. The fourth-order valence-corrected chi connectivity index (χ4v) is 3.30. The van der Waals surface area contributed by atoms with Crippen molar-refractivity contribution in [2.45, 2.75) is 62.9 Å². The third-order valence-electron chi connectivity index (χ3n) is 5.27. The van der Waals surface area contributed by atoms with Crippen molar-refractivity contribution in [3.05, 3.63) is 35.9 Å². The number of carbonyl (C=O) groups excluding carboxylic acids is 3. The number of carboxylic acid groups (broad SMARTS) is 2. The summed E-state index contributed by atoms with van der Waals surface area (Å²) in [6.45, 7) is 1.30. The van der Waals surface area contributed by atoms with E-state index in [1.165, 1.54) is 6.92 Å². The summed E-state index contributed by atoms with van der Waals surface area (Å²) in [5.74, 6) is -5.97. The number of aliphatic carboxylic acids is 2.